The molecule has 0 aliphatic rings. The van der Waals surface area contributed by atoms with Crippen molar-refractivity contribution in [1.82, 2.24) is 10.2 Å². The second-order valence-electron chi connectivity index (χ2n) is 8.54. The molecular weight excluding hydrogens is 498 g/mol. The molecule has 1 N–H and O–H groups in total. The minimum atomic E-state index is -3.79. The lowest BCUT2D eigenvalue weighted by Gasteiger charge is -2.33. The zero-order valence-corrected chi connectivity index (χ0v) is 22.1. The van der Waals surface area contributed by atoms with Gasteiger partial charge in [0.15, 0.2) is 0 Å². The number of halogens is 1. The molecule has 0 radical (unpaired) electrons. The molecule has 0 saturated heterocycles. The van der Waals surface area contributed by atoms with Crippen molar-refractivity contribution < 1.29 is 18.0 Å². The van der Waals surface area contributed by atoms with E-state index in [0.717, 1.165) is 21.7 Å². The summed E-state index contributed by atoms with van der Waals surface area (Å²) in [5.41, 5.74) is 2.84. The Morgan fingerprint density at radius 3 is 2.14 bits per heavy atom. The lowest BCUT2D eigenvalue weighted by molar-refractivity contribution is -0.139. The summed E-state index contributed by atoms with van der Waals surface area (Å²) in [4.78, 5) is 28.3. The number of carbonyl (C=O) groups excluding carboxylic acids is 2. The van der Waals surface area contributed by atoms with Crippen LogP contribution in [0.5, 0.6) is 0 Å². The molecule has 2 amide bonds. The third-order valence-electron chi connectivity index (χ3n) is 5.82. The molecule has 3 rings (SSSR count). The molecule has 0 fully saturated rings. The van der Waals surface area contributed by atoms with Crippen molar-refractivity contribution in [3.05, 3.63) is 101 Å². The number of hydrogen-bond donors (Lipinski definition) is 1. The first kappa shape index (κ1) is 27.2. The second kappa shape index (κ2) is 12.1. The molecule has 0 unspecified atom stereocenters. The average molecular weight is 528 g/mol. The number of likely N-dealkylation sites (N-methyl/N-ethyl adjacent to an activating group) is 1. The number of nitrogens with zero attached hydrogens (tertiary/aromatic N) is 2. The molecule has 0 heterocycles. The minimum Gasteiger partial charge on any atom is -0.357 e. The molecule has 0 aliphatic heterocycles. The Hall–Kier alpha value is -3.36. The third-order valence-corrected chi connectivity index (χ3v) is 7.33. The van der Waals surface area contributed by atoms with Gasteiger partial charge < -0.3 is 10.2 Å². The van der Waals surface area contributed by atoms with E-state index < -0.39 is 28.5 Å². The zero-order valence-electron chi connectivity index (χ0n) is 20.5. The molecule has 3 aromatic carbocycles. The van der Waals surface area contributed by atoms with Gasteiger partial charge in [0.2, 0.25) is 21.8 Å². The van der Waals surface area contributed by atoms with Gasteiger partial charge in [-0.05, 0) is 36.2 Å². The monoisotopic (exact) mass is 527 g/mol. The van der Waals surface area contributed by atoms with Crippen LogP contribution in [0.4, 0.5) is 5.69 Å². The molecule has 3 aromatic rings. The van der Waals surface area contributed by atoms with Crippen LogP contribution in [0.15, 0.2) is 78.9 Å². The Kier molecular flexibility index (Phi) is 9.12. The summed E-state index contributed by atoms with van der Waals surface area (Å²) in [6, 6.07) is 22.4. The van der Waals surface area contributed by atoms with E-state index in [9.17, 15) is 18.0 Å². The van der Waals surface area contributed by atoms with Gasteiger partial charge in [-0.25, -0.2) is 8.42 Å². The minimum absolute atomic E-state index is 0.0366. The summed E-state index contributed by atoms with van der Waals surface area (Å²) in [6.45, 7) is 1.46. The summed E-state index contributed by atoms with van der Waals surface area (Å²) in [5.74, 6) is -0.883. The van der Waals surface area contributed by atoms with Crippen LogP contribution >= 0.6 is 11.6 Å². The fourth-order valence-electron chi connectivity index (χ4n) is 3.86. The SMILES string of the molecule is CNC(=O)[C@H](Cc1ccccc1)N(Cc1ccccc1Cl)C(=O)CN(c1ccc(C)cc1)S(C)(=O)=O. The van der Waals surface area contributed by atoms with Gasteiger partial charge in [-0.2, -0.15) is 0 Å². The molecular formula is C27H30ClN3O4S. The van der Waals surface area contributed by atoms with Gasteiger partial charge in [0, 0.05) is 25.0 Å². The van der Waals surface area contributed by atoms with Crippen LogP contribution in [-0.4, -0.2) is 51.0 Å². The molecule has 0 spiro atoms. The van der Waals surface area contributed by atoms with Gasteiger partial charge in [0.25, 0.3) is 0 Å². The normalized spacial score (nSPS) is 12.0. The summed E-state index contributed by atoms with van der Waals surface area (Å²) >= 11 is 6.40. The van der Waals surface area contributed by atoms with Gasteiger partial charge in [-0.1, -0.05) is 77.8 Å². The van der Waals surface area contributed by atoms with Gasteiger partial charge >= 0.3 is 0 Å². The fraction of sp³-hybridized carbons (Fsp3) is 0.259. The first-order valence-corrected chi connectivity index (χ1v) is 13.7. The number of nitrogens with one attached hydrogen (secondary N) is 1. The van der Waals surface area contributed by atoms with Crippen molar-refractivity contribution >= 4 is 39.1 Å². The van der Waals surface area contributed by atoms with E-state index >= 15 is 0 Å². The molecule has 0 saturated carbocycles. The molecule has 0 aliphatic carbocycles. The van der Waals surface area contributed by atoms with Crippen molar-refractivity contribution in [2.24, 2.45) is 0 Å². The van der Waals surface area contributed by atoms with Crippen LogP contribution in [0.1, 0.15) is 16.7 Å². The van der Waals surface area contributed by atoms with Crippen molar-refractivity contribution in [2.45, 2.75) is 25.9 Å². The lowest BCUT2D eigenvalue weighted by Crippen LogP contribution is -2.52. The van der Waals surface area contributed by atoms with Crippen molar-refractivity contribution in [1.29, 1.82) is 0 Å². The van der Waals surface area contributed by atoms with E-state index in [0.29, 0.717) is 16.3 Å². The first-order valence-electron chi connectivity index (χ1n) is 11.4. The van der Waals surface area contributed by atoms with E-state index in [4.69, 9.17) is 11.6 Å². The quantitative estimate of drug-likeness (QED) is 0.434. The summed E-state index contributed by atoms with van der Waals surface area (Å²) in [6.07, 6.45) is 1.30. The summed E-state index contributed by atoms with van der Waals surface area (Å²) < 4.78 is 26.4. The summed E-state index contributed by atoms with van der Waals surface area (Å²) in [7, 11) is -2.28. The maximum absolute atomic E-state index is 13.8. The lowest BCUT2D eigenvalue weighted by atomic mass is 10.0. The second-order valence-corrected chi connectivity index (χ2v) is 10.9. The van der Waals surface area contributed by atoms with Gasteiger partial charge in [0.1, 0.15) is 12.6 Å². The Morgan fingerprint density at radius 1 is 0.944 bits per heavy atom. The predicted octanol–water partition coefficient (Wildman–Crippen LogP) is 3.80. The number of carbonyl (C=O) groups is 2. The van der Waals surface area contributed by atoms with E-state index in [-0.39, 0.29) is 18.9 Å². The van der Waals surface area contributed by atoms with Crippen LogP contribution in [0.3, 0.4) is 0 Å². The number of aryl methyl sites for hydroxylation is 1. The number of sulfonamides is 1. The number of amides is 2. The maximum atomic E-state index is 13.8. The van der Waals surface area contributed by atoms with Crippen LogP contribution in [0.2, 0.25) is 5.02 Å². The van der Waals surface area contributed by atoms with E-state index in [1.54, 1.807) is 48.5 Å². The highest BCUT2D eigenvalue weighted by atomic mass is 35.5. The van der Waals surface area contributed by atoms with Crippen LogP contribution in [0.25, 0.3) is 0 Å². The highest BCUT2D eigenvalue weighted by Gasteiger charge is 2.32. The molecule has 9 heteroatoms. The average Bonchev–Trinajstić information content (AvgIpc) is 2.85. The predicted molar refractivity (Wildman–Crippen MR) is 143 cm³/mol. The van der Waals surface area contributed by atoms with Crippen molar-refractivity contribution in [3.63, 3.8) is 0 Å². The van der Waals surface area contributed by atoms with Crippen LogP contribution < -0.4 is 9.62 Å². The molecule has 0 bridgehead atoms. The molecule has 0 aromatic heterocycles. The molecule has 7 nitrogen and oxygen atoms in total. The molecule has 36 heavy (non-hydrogen) atoms. The van der Waals surface area contributed by atoms with Gasteiger partial charge in [0.05, 0.1) is 11.9 Å². The number of rotatable bonds is 10. The highest BCUT2D eigenvalue weighted by Crippen LogP contribution is 2.23. The summed E-state index contributed by atoms with van der Waals surface area (Å²) in [5, 5.41) is 3.09. The standard InChI is InChI=1S/C27H30ClN3O4S/c1-20-13-15-23(16-14-20)31(36(3,34)35)19-26(32)30(18-22-11-7-8-12-24(22)28)25(27(33)29-2)17-21-9-5-4-6-10-21/h4-16,25H,17-19H2,1-3H3,(H,29,33)/t25-/m0/s1. The van der Waals surface area contributed by atoms with Crippen molar-refractivity contribution in [2.75, 3.05) is 24.2 Å². The van der Waals surface area contributed by atoms with E-state index in [1.165, 1.54) is 11.9 Å². The zero-order chi connectivity index (χ0) is 26.3. The molecule has 1 atom stereocenters. The number of benzene rings is 3. The Balaban J connectivity index is 2.03. The number of hydrogen-bond acceptors (Lipinski definition) is 4. The van der Waals surface area contributed by atoms with Crippen molar-refractivity contribution in [3.8, 4) is 0 Å². The Bertz CT molecular complexity index is 1300. The Labute approximate surface area is 217 Å². The fourth-order valence-corrected chi connectivity index (χ4v) is 4.90. The first-order chi connectivity index (χ1) is 17.1. The van der Waals surface area contributed by atoms with Gasteiger partial charge in [-0.3, -0.25) is 13.9 Å². The van der Waals surface area contributed by atoms with E-state index in [2.05, 4.69) is 5.32 Å². The van der Waals surface area contributed by atoms with Gasteiger partial charge in [-0.15, -0.1) is 0 Å². The topological polar surface area (TPSA) is 86.8 Å². The van der Waals surface area contributed by atoms with Crippen LogP contribution in [0, 0.1) is 6.92 Å². The largest absolute Gasteiger partial charge is 0.357 e. The molecule has 190 valence electrons. The third kappa shape index (κ3) is 7.08. The van der Waals surface area contributed by atoms with E-state index in [1.807, 2.05) is 37.3 Å². The smallest absolute Gasteiger partial charge is 0.244 e. The maximum Gasteiger partial charge on any atom is 0.244 e. The van der Waals surface area contributed by atoms with Crippen LogP contribution in [-0.2, 0) is 32.6 Å². The highest BCUT2D eigenvalue weighted by molar-refractivity contribution is 7.92. The Morgan fingerprint density at radius 2 is 1.56 bits per heavy atom. The number of anilines is 1.